The lowest BCUT2D eigenvalue weighted by atomic mass is 9.79. The molecule has 0 unspecified atom stereocenters. The second-order valence-corrected chi connectivity index (χ2v) is 5.06. The lowest BCUT2D eigenvalue weighted by Crippen LogP contribution is -2.27. The maximum absolute atomic E-state index is 11.5. The van der Waals surface area contributed by atoms with Crippen molar-refractivity contribution in [1.29, 1.82) is 0 Å². The van der Waals surface area contributed by atoms with Gasteiger partial charge in [0, 0.05) is 23.2 Å². The third kappa shape index (κ3) is 1.71. The third-order valence-corrected chi connectivity index (χ3v) is 4.05. The van der Waals surface area contributed by atoms with Crippen LogP contribution in [-0.4, -0.2) is 23.1 Å². The van der Waals surface area contributed by atoms with Crippen LogP contribution < -0.4 is 11.0 Å². The van der Waals surface area contributed by atoms with Crippen molar-refractivity contribution in [2.24, 2.45) is 0 Å². The van der Waals surface area contributed by atoms with Crippen molar-refractivity contribution < 1.29 is 0 Å². The molecule has 1 aliphatic heterocycles. The fraction of sp³-hybridized carbons (Fsp3) is 0.750. The molecule has 88 valence electrons. The minimum Gasteiger partial charge on any atom is -0.317 e. The Morgan fingerprint density at radius 3 is 1.94 bits per heavy atom. The summed E-state index contributed by atoms with van der Waals surface area (Å²) < 4.78 is 0. The smallest absolute Gasteiger partial charge is 0.317 e. The Balaban J connectivity index is 1.88. The van der Waals surface area contributed by atoms with E-state index < -0.39 is 0 Å². The van der Waals surface area contributed by atoms with Crippen LogP contribution in [0.25, 0.3) is 0 Å². The minimum absolute atomic E-state index is 0.0181. The van der Waals surface area contributed by atoms with Gasteiger partial charge in [-0.2, -0.15) is 0 Å². The van der Waals surface area contributed by atoms with Crippen molar-refractivity contribution in [1.82, 2.24) is 15.3 Å². The Labute approximate surface area is 94.8 Å². The fourth-order valence-electron chi connectivity index (χ4n) is 2.86. The summed E-state index contributed by atoms with van der Waals surface area (Å²) >= 11 is 0. The van der Waals surface area contributed by atoms with Crippen molar-refractivity contribution in [3.63, 3.8) is 0 Å². The quantitative estimate of drug-likeness (QED) is 0.707. The highest BCUT2D eigenvalue weighted by Gasteiger charge is 2.28. The van der Waals surface area contributed by atoms with Gasteiger partial charge in [-0.15, -0.1) is 0 Å². The van der Waals surface area contributed by atoms with E-state index in [4.69, 9.17) is 0 Å². The van der Waals surface area contributed by atoms with Gasteiger partial charge in [-0.25, -0.2) is 4.79 Å². The number of hydrogen-bond donors (Lipinski definition) is 3. The van der Waals surface area contributed by atoms with E-state index >= 15 is 0 Å². The van der Waals surface area contributed by atoms with E-state index in [0.29, 0.717) is 11.8 Å². The highest BCUT2D eigenvalue weighted by molar-refractivity contribution is 5.22. The van der Waals surface area contributed by atoms with Crippen LogP contribution in [0.15, 0.2) is 4.79 Å². The zero-order valence-electron chi connectivity index (χ0n) is 9.51. The first kappa shape index (κ1) is 10.1. The third-order valence-electron chi connectivity index (χ3n) is 4.05. The van der Waals surface area contributed by atoms with Crippen molar-refractivity contribution in [3.05, 3.63) is 21.9 Å². The van der Waals surface area contributed by atoms with Gasteiger partial charge in [-0.1, -0.05) is 6.42 Å². The molecule has 0 radical (unpaired) electrons. The number of aromatic nitrogens is 2. The molecule has 1 aromatic rings. The van der Waals surface area contributed by atoms with Crippen LogP contribution in [0.5, 0.6) is 0 Å². The summed E-state index contributed by atoms with van der Waals surface area (Å²) in [6, 6.07) is 0. The average molecular weight is 221 g/mol. The van der Waals surface area contributed by atoms with Crippen LogP contribution >= 0.6 is 0 Å². The maximum Gasteiger partial charge on any atom is 0.323 e. The molecule has 0 amide bonds. The molecule has 16 heavy (non-hydrogen) atoms. The standard InChI is InChI=1S/C12H19N3O/c16-12-14-10(8-2-1-3-8)11(15-12)9-4-6-13-7-5-9/h8-9,13H,1-7H2,(H2,14,15,16). The zero-order valence-corrected chi connectivity index (χ0v) is 9.51. The van der Waals surface area contributed by atoms with Crippen molar-refractivity contribution in [3.8, 4) is 0 Å². The first-order valence-electron chi connectivity index (χ1n) is 6.37. The predicted molar refractivity (Wildman–Crippen MR) is 62.9 cm³/mol. The highest BCUT2D eigenvalue weighted by atomic mass is 16.1. The molecular weight excluding hydrogens is 202 g/mol. The van der Waals surface area contributed by atoms with Crippen LogP contribution in [0.3, 0.4) is 0 Å². The van der Waals surface area contributed by atoms with E-state index in [-0.39, 0.29) is 5.69 Å². The number of aromatic amines is 2. The van der Waals surface area contributed by atoms with Gasteiger partial charge in [0.15, 0.2) is 0 Å². The van der Waals surface area contributed by atoms with Crippen molar-refractivity contribution in [2.75, 3.05) is 13.1 Å². The summed E-state index contributed by atoms with van der Waals surface area (Å²) in [6.45, 7) is 2.14. The van der Waals surface area contributed by atoms with Crippen LogP contribution in [-0.2, 0) is 0 Å². The first-order chi connectivity index (χ1) is 7.84. The Hall–Kier alpha value is -1.03. The lowest BCUT2D eigenvalue weighted by molar-refractivity contribution is 0.397. The molecule has 2 heterocycles. The van der Waals surface area contributed by atoms with Crippen LogP contribution in [0.4, 0.5) is 0 Å². The van der Waals surface area contributed by atoms with E-state index in [2.05, 4.69) is 15.3 Å². The summed E-state index contributed by atoms with van der Waals surface area (Å²) in [5.74, 6) is 1.17. The molecule has 2 aliphatic rings. The van der Waals surface area contributed by atoms with E-state index in [1.165, 1.54) is 30.7 Å². The Bertz CT molecular complexity index is 410. The molecule has 0 atom stereocenters. The van der Waals surface area contributed by atoms with Gasteiger partial charge in [-0.3, -0.25) is 0 Å². The summed E-state index contributed by atoms with van der Waals surface area (Å²) in [6.07, 6.45) is 6.09. The van der Waals surface area contributed by atoms with Gasteiger partial charge >= 0.3 is 5.69 Å². The zero-order chi connectivity index (χ0) is 11.0. The van der Waals surface area contributed by atoms with Gasteiger partial charge in [0.25, 0.3) is 0 Å². The van der Waals surface area contributed by atoms with Crippen LogP contribution in [0.1, 0.15) is 55.3 Å². The van der Waals surface area contributed by atoms with Crippen LogP contribution in [0.2, 0.25) is 0 Å². The summed E-state index contributed by atoms with van der Waals surface area (Å²) in [4.78, 5) is 17.5. The molecular formula is C12H19N3O. The number of nitrogens with one attached hydrogen (secondary N) is 3. The van der Waals surface area contributed by atoms with Gasteiger partial charge in [0.2, 0.25) is 0 Å². The molecule has 1 saturated carbocycles. The van der Waals surface area contributed by atoms with Gasteiger partial charge in [0.1, 0.15) is 0 Å². The van der Waals surface area contributed by atoms with E-state index in [9.17, 15) is 4.79 Å². The fourth-order valence-corrected chi connectivity index (χ4v) is 2.86. The molecule has 4 nitrogen and oxygen atoms in total. The molecule has 4 heteroatoms. The predicted octanol–water partition coefficient (Wildman–Crippen LogP) is 1.44. The Morgan fingerprint density at radius 2 is 1.44 bits per heavy atom. The first-order valence-corrected chi connectivity index (χ1v) is 6.37. The number of hydrogen-bond acceptors (Lipinski definition) is 2. The van der Waals surface area contributed by atoms with Crippen molar-refractivity contribution in [2.45, 2.75) is 43.9 Å². The average Bonchev–Trinajstić information content (AvgIpc) is 2.59. The molecule has 1 aliphatic carbocycles. The number of piperidine rings is 1. The number of imidazole rings is 1. The molecule has 1 aromatic heterocycles. The summed E-state index contributed by atoms with van der Waals surface area (Å²) in [7, 11) is 0. The minimum atomic E-state index is -0.0181. The Morgan fingerprint density at radius 1 is 0.875 bits per heavy atom. The van der Waals surface area contributed by atoms with Crippen LogP contribution in [0, 0.1) is 0 Å². The molecule has 3 N–H and O–H groups in total. The molecule has 0 aromatic carbocycles. The van der Waals surface area contributed by atoms with Gasteiger partial charge < -0.3 is 15.3 Å². The Kier molecular flexibility index (Phi) is 2.59. The maximum atomic E-state index is 11.5. The second kappa shape index (κ2) is 4.09. The lowest BCUT2D eigenvalue weighted by Gasteiger charge is -2.28. The molecule has 1 saturated heterocycles. The SMILES string of the molecule is O=c1[nH]c(C2CCC2)c(C2CCNCC2)[nH]1. The largest absolute Gasteiger partial charge is 0.323 e. The molecule has 3 rings (SSSR count). The second-order valence-electron chi connectivity index (χ2n) is 5.06. The number of rotatable bonds is 2. The monoisotopic (exact) mass is 221 g/mol. The normalized spacial score (nSPS) is 23.2. The summed E-state index contributed by atoms with van der Waals surface area (Å²) in [5.41, 5.74) is 2.40. The molecule has 0 spiro atoms. The number of H-pyrrole nitrogens is 2. The molecule has 0 bridgehead atoms. The summed E-state index contributed by atoms with van der Waals surface area (Å²) in [5, 5.41) is 3.37. The van der Waals surface area contributed by atoms with E-state index in [0.717, 1.165) is 25.9 Å². The molecule has 2 fully saturated rings. The highest BCUT2D eigenvalue weighted by Crippen LogP contribution is 2.39. The van der Waals surface area contributed by atoms with E-state index in [1.54, 1.807) is 0 Å². The topological polar surface area (TPSA) is 60.7 Å². The van der Waals surface area contributed by atoms with E-state index in [1.807, 2.05) is 0 Å². The van der Waals surface area contributed by atoms with Crippen molar-refractivity contribution >= 4 is 0 Å². The van der Waals surface area contributed by atoms with Gasteiger partial charge in [-0.05, 0) is 38.8 Å². The van der Waals surface area contributed by atoms with Gasteiger partial charge in [0.05, 0.1) is 0 Å².